The minimum absolute atomic E-state index is 0.133. The molecule has 0 fully saturated rings. The van der Waals surface area contributed by atoms with Crippen LogP contribution in [0.5, 0.6) is 0 Å². The van der Waals surface area contributed by atoms with Crippen LogP contribution in [0.3, 0.4) is 0 Å². The van der Waals surface area contributed by atoms with Crippen molar-refractivity contribution in [2.75, 3.05) is 24.3 Å². The molecule has 162 valence electrons. The molecule has 0 aliphatic heterocycles. The molecule has 32 heavy (non-hydrogen) atoms. The standard InChI is InChI=1S/C21H19N7O3S/c1-3-22-19(29)28-20-26-16-9-12(13-10-24-18(25-11-13)27-21(30)31-2)8-14(17(16)32-20)15-6-4-5-7-23-15/h4-11H,3H2,1-2H3,(H2,22,26,28,29)(H,24,25,27,30). The van der Waals surface area contributed by atoms with Gasteiger partial charge in [0, 0.05) is 36.3 Å². The average Bonchev–Trinajstić information content (AvgIpc) is 3.21. The molecule has 3 amide bonds. The van der Waals surface area contributed by atoms with Crippen LogP contribution in [0, 0.1) is 0 Å². The van der Waals surface area contributed by atoms with Crippen molar-refractivity contribution in [3.05, 3.63) is 48.9 Å². The second-order valence-electron chi connectivity index (χ2n) is 6.50. The summed E-state index contributed by atoms with van der Waals surface area (Å²) in [5, 5.41) is 8.35. The summed E-state index contributed by atoms with van der Waals surface area (Å²) in [5.74, 6) is 0.133. The first-order valence-electron chi connectivity index (χ1n) is 9.65. The zero-order chi connectivity index (χ0) is 22.5. The molecule has 4 aromatic rings. The van der Waals surface area contributed by atoms with E-state index in [-0.39, 0.29) is 12.0 Å². The molecule has 3 N–H and O–H groups in total. The van der Waals surface area contributed by atoms with Gasteiger partial charge in [0.25, 0.3) is 0 Å². The topological polar surface area (TPSA) is 131 Å². The Balaban J connectivity index is 1.76. The second-order valence-corrected chi connectivity index (χ2v) is 7.50. The molecule has 0 unspecified atom stereocenters. The maximum Gasteiger partial charge on any atom is 0.413 e. The number of rotatable bonds is 5. The second kappa shape index (κ2) is 9.35. The Morgan fingerprint density at radius 3 is 2.56 bits per heavy atom. The van der Waals surface area contributed by atoms with Gasteiger partial charge in [0.1, 0.15) is 0 Å². The summed E-state index contributed by atoms with van der Waals surface area (Å²) in [7, 11) is 1.26. The van der Waals surface area contributed by atoms with Crippen molar-refractivity contribution in [1.82, 2.24) is 25.3 Å². The van der Waals surface area contributed by atoms with E-state index < -0.39 is 6.09 Å². The molecule has 3 aromatic heterocycles. The molecule has 0 saturated carbocycles. The van der Waals surface area contributed by atoms with Gasteiger partial charge in [0.15, 0.2) is 5.13 Å². The first kappa shape index (κ1) is 21.1. The number of pyridine rings is 1. The Morgan fingerprint density at radius 1 is 1.06 bits per heavy atom. The summed E-state index contributed by atoms with van der Waals surface area (Å²) >= 11 is 1.37. The van der Waals surface area contributed by atoms with Crippen molar-refractivity contribution in [3.8, 4) is 22.4 Å². The van der Waals surface area contributed by atoms with Crippen molar-refractivity contribution < 1.29 is 14.3 Å². The molecular formula is C21H19N7O3S. The van der Waals surface area contributed by atoms with E-state index in [0.29, 0.717) is 17.2 Å². The zero-order valence-corrected chi connectivity index (χ0v) is 18.1. The van der Waals surface area contributed by atoms with Gasteiger partial charge in [-0.1, -0.05) is 17.4 Å². The van der Waals surface area contributed by atoms with Crippen LogP contribution in [-0.4, -0.2) is 45.7 Å². The van der Waals surface area contributed by atoms with Crippen molar-refractivity contribution in [3.63, 3.8) is 0 Å². The van der Waals surface area contributed by atoms with Gasteiger partial charge >= 0.3 is 12.1 Å². The number of aromatic nitrogens is 4. The average molecular weight is 449 g/mol. The SMILES string of the molecule is CCNC(=O)Nc1nc2cc(-c3cnc(NC(=O)OC)nc3)cc(-c3ccccn3)c2s1. The van der Waals surface area contributed by atoms with Gasteiger partial charge < -0.3 is 10.1 Å². The predicted octanol–water partition coefficient (Wildman–Crippen LogP) is 4.14. The molecule has 11 heteroatoms. The van der Waals surface area contributed by atoms with Gasteiger partial charge in [-0.15, -0.1) is 0 Å². The summed E-state index contributed by atoms with van der Waals surface area (Å²) < 4.78 is 5.44. The summed E-state index contributed by atoms with van der Waals surface area (Å²) in [6.07, 6.45) is 4.27. The van der Waals surface area contributed by atoms with Gasteiger partial charge in [-0.05, 0) is 36.8 Å². The number of fused-ring (bicyclic) bond motifs is 1. The van der Waals surface area contributed by atoms with Crippen LogP contribution in [-0.2, 0) is 4.74 Å². The molecule has 4 rings (SSSR count). The first-order valence-corrected chi connectivity index (χ1v) is 10.5. The smallest absolute Gasteiger partial charge is 0.413 e. The van der Waals surface area contributed by atoms with Crippen LogP contribution >= 0.6 is 11.3 Å². The highest BCUT2D eigenvalue weighted by Crippen LogP contribution is 2.38. The third-order valence-electron chi connectivity index (χ3n) is 4.37. The van der Waals surface area contributed by atoms with E-state index in [1.165, 1.54) is 18.4 Å². The molecule has 0 atom stereocenters. The van der Waals surface area contributed by atoms with Gasteiger partial charge in [-0.25, -0.2) is 24.5 Å². The van der Waals surface area contributed by atoms with E-state index in [0.717, 1.165) is 27.1 Å². The number of nitrogens with one attached hydrogen (secondary N) is 3. The maximum atomic E-state index is 11.9. The van der Waals surface area contributed by atoms with Crippen LogP contribution in [0.25, 0.3) is 32.6 Å². The quantitative estimate of drug-likeness (QED) is 0.417. The fourth-order valence-corrected chi connectivity index (χ4v) is 3.91. The highest BCUT2D eigenvalue weighted by atomic mass is 32.1. The molecule has 0 aliphatic carbocycles. The monoisotopic (exact) mass is 449 g/mol. The molecular weight excluding hydrogens is 430 g/mol. The number of hydrogen-bond acceptors (Lipinski definition) is 8. The molecule has 0 bridgehead atoms. The Hall–Kier alpha value is -4.12. The number of hydrogen-bond donors (Lipinski definition) is 3. The normalized spacial score (nSPS) is 10.6. The lowest BCUT2D eigenvalue weighted by Gasteiger charge is -2.07. The Morgan fingerprint density at radius 2 is 1.88 bits per heavy atom. The van der Waals surface area contributed by atoms with E-state index in [1.54, 1.807) is 18.6 Å². The number of carbonyl (C=O) groups is 2. The van der Waals surface area contributed by atoms with Crippen molar-refractivity contribution >= 4 is 44.8 Å². The number of carbonyl (C=O) groups excluding carboxylic acids is 2. The molecule has 1 aromatic carbocycles. The van der Waals surface area contributed by atoms with Crippen LogP contribution < -0.4 is 16.0 Å². The van der Waals surface area contributed by atoms with Crippen molar-refractivity contribution in [1.29, 1.82) is 0 Å². The summed E-state index contributed by atoms with van der Waals surface area (Å²) in [4.78, 5) is 40.7. The van der Waals surface area contributed by atoms with Gasteiger partial charge in [0.2, 0.25) is 5.95 Å². The molecule has 10 nitrogen and oxygen atoms in total. The fraction of sp³-hybridized carbons (Fsp3) is 0.143. The Kier molecular flexibility index (Phi) is 6.17. The number of nitrogens with zero attached hydrogens (tertiary/aromatic N) is 4. The first-order chi connectivity index (χ1) is 15.6. The number of methoxy groups -OCH3 is 1. The van der Waals surface area contributed by atoms with Crippen LogP contribution in [0.15, 0.2) is 48.9 Å². The minimum atomic E-state index is -0.647. The molecule has 3 heterocycles. The van der Waals surface area contributed by atoms with E-state index in [4.69, 9.17) is 0 Å². The zero-order valence-electron chi connectivity index (χ0n) is 17.2. The molecule has 0 spiro atoms. The number of benzene rings is 1. The van der Waals surface area contributed by atoms with Gasteiger partial charge in [-0.2, -0.15) is 0 Å². The number of thiazole rings is 1. The van der Waals surface area contributed by atoms with Crippen LogP contribution in [0.4, 0.5) is 20.7 Å². The lowest BCUT2D eigenvalue weighted by atomic mass is 10.0. The highest BCUT2D eigenvalue weighted by Gasteiger charge is 2.15. The number of amides is 3. The predicted molar refractivity (Wildman–Crippen MR) is 123 cm³/mol. The maximum absolute atomic E-state index is 11.9. The largest absolute Gasteiger partial charge is 0.453 e. The van der Waals surface area contributed by atoms with Crippen molar-refractivity contribution in [2.24, 2.45) is 0 Å². The Bertz CT molecular complexity index is 1260. The van der Waals surface area contributed by atoms with E-state index in [1.807, 2.05) is 37.3 Å². The van der Waals surface area contributed by atoms with Gasteiger partial charge in [0.05, 0.1) is 23.0 Å². The lowest BCUT2D eigenvalue weighted by Crippen LogP contribution is -2.28. The van der Waals surface area contributed by atoms with Crippen LogP contribution in [0.2, 0.25) is 0 Å². The summed E-state index contributed by atoms with van der Waals surface area (Å²) in [6.45, 7) is 2.36. The lowest BCUT2D eigenvalue weighted by molar-refractivity contribution is 0.186. The van der Waals surface area contributed by atoms with E-state index in [9.17, 15) is 9.59 Å². The third-order valence-corrected chi connectivity index (χ3v) is 5.39. The van der Waals surface area contributed by atoms with E-state index in [2.05, 4.69) is 40.6 Å². The van der Waals surface area contributed by atoms with E-state index >= 15 is 0 Å². The van der Waals surface area contributed by atoms with Crippen LogP contribution in [0.1, 0.15) is 6.92 Å². The molecule has 0 radical (unpaired) electrons. The molecule has 0 saturated heterocycles. The van der Waals surface area contributed by atoms with Crippen molar-refractivity contribution in [2.45, 2.75) is 6.92 Å². The number of urea groups is 1. The summed E-state index contributed by atoms with van der Waals surface area (Å²) in [6, 6.07) is 9.23. The Labute approximate surface area is 187 Å². The van der Waals surface area contributed by atoms with Gasteiger partial charge in [-0.3, -0.25) is 15.6 Å². The fourth-order valence-electron chi connectivity index (χ4n) is 2.95. The molecule has 0 aliphatic rings. The third kappa shape index (κ3) is 4.62. The highest BCUT2D eigenvalue weighted by molar-refractivity contribution is 7.22. The minimum Gasteiger partial charge on any atom is -0.453 e. The summed E-state index contributed by atoms with van der Waals surface area (Å²) in [5.41, 5.74) is 3.90. The number of anilines is 2. The number of ether oxygens (including phenoxy) is 1.